The predicted octanol–water partition coefficient (Wildman–Crippen LogP) is 1.65. The maximum Gasteiger partial charge on any atom is 0.0721 e. The topological polar surface area (TPSA) is 32.7 Å². The molecule has 0 radical (unpaired) electrons. The molecule has 0 aromatic heterocycles. The van der Waals surface area contributed by atoms with E-state index < -0.39 is 0 Å². The lowest BCUT2D eigenvalue weighted by Crippen LogP contribution is -2.56. The summed E-state index contributed by atoms with van der Waals surface area (Å²) in [4.78, 5) is 2.37. The van der Waals surface area contributed by atoms with Crippen LogP contribution in [0.3, 0.4) is 0 Å². The van der Waals surface area contributed by atoms with Crippen molar-refractivity contribution in [2.24, 2.45) is 5.92 Å². The monoisotopic (exact) mass is 227 g/mol. The summed E-state index contributed by atoms with van der Waals surface area (Å²) in [6.45, 7) is 7.85. The van der Waals surface area contributed by atoms with Crippen molar-refractivity contribution in [3.8, 4) is 0 Å². The minimum Gasteiger partial charge on any atom is -0.391 e. The van der Waals surface area contributed by atoms with Crippen LogP contribution in [-0.4, -0.2) is 48.0 Å². The molecule has 0 amide bonds. The second kappa shape index (κ2) is 5.03. The number of ether oxygens (including phenoxy) is 1. The summed E-state index contributed by atoms with van der Waals surface area (Å²) in [5, 5.41) is 10.4. The lowest BCUT2D eigenvalue weighted by molar-refractivity contribution is -0.0708. The molecule has 1 saturated heterocycles. The van der Waals surface area contributed by atoms with Gasteiger partial charge in [-0.25, -0.2) is 0 Å². The first-order chi connectivity index (χ1) is 7.60. The average molecular weight is 227 g/mol. The Morgan fingerprint density at radius 1 is 1.31 bits per heavy atom. The van der Waals surface area contributed by atoms with Crippen molar-refractivity contribution in [3.63, 3.8) is 0 Å². The predicted molar refractivity (Wildman–Crippen MR) is 64.4 cm³/mol. The smallest absolute Gasteiger partial charge is 0.0721 e. The summed E-state index contributed by atoms with van der Waals surface area (Å²) < 4.78 is 5.36. The summed E-state index contributed by atoms with van der Waals surface area (Å²) in [6, 6.07) is 0. The van der Waals surface area contributed by atoms with Gasteiger partial charge in [0.1, 0.15) is 0 Å². The molecule has 0 bridgehead atoms. The minimum atomic E-state index is -0.198. The minimum absolute atomic E-state index is 0.0978. The molecule has 1 N–H and O–H groups in total. The number of hydrogen-bond donors (Lipinski definition) is 1. The van der Waals surface area contributed by atoms with Gasteiger partial charge in [0.25, 0.3) is 0 Å². The molecule has 1 unspecified atom stereocenters. The maximum absolute atomic E-state index is 10.4. The van der Waals surface area contributed by atoms with Crippen molar-refractivity contribution >= 4 is 0 Å². The van der Waals surface area contributed by atoms with Crippen LogP contribution in [0.5, 0.6) is 0 Å². The Morgan fingerprint density at radius 3 is 2.44 bits per heavy atom. The highest BCUT2D eigenvalue weighted by Gasteiger charge is 2.37. The number of aliphatic hydroxyl groups is 1. The van der Waals surface area contributed by atoms with Crippen molar-refractivity contribution in [1.29, 1.82) is 0 Å². The van der Waals surface area contributed by atoms with Crippen LogP contribution in [0.15, 0.2) is 0 Å². The van der Waals surface area contributed by atoms with Crippen molar-refractivity contribution in [1.82, 2.24) is 4.90 Å². The summed E-state index contributed by atoms with van der Waals surface area (Å²) >= 11 is 0. The summed E-state index contributed by atoms with van der Waals surface area (Å²) in [5.74, 6) is 0.773. The van der Waals surface area contributed by atoms with Gasteiger partial charge in [-0.05, 0) is 26.2 Å². The molecule has 94 valence electrons. The van der Waals surface area contributed by atoms with E-state index in [1.165, 1.54) is 19.3 Å². The normalized spacial score (nSPS) is 26.4. The first kappa shape index (κ1) is 12.3. The summed E-state index contributed by atoms with van der Waals surface area (Å²) in [6.07, 6.45) is 4.77. The van der Waals surface area contributed by atoms with Gasteiger partial charge in [-0.1, -0.05) is 19.3 Å². The van der Waals surface area contributed by atoms with Crippen LogP contribution in [0.2, 0.25) is 0 Å². The van der Waals surface area contributed by atoms with Crippen LogP contribution in [0.1, 0.15) is 39.5 Å². The molecule has 2 aliphatic rings. The number of morpholine rings is 1. The lowest BCUT2D eigenvalue weighted by Gasteiger charge is -2.45. The molecule has 0 spiro atoms. The Hall–Kier alpha value is -0.120. The van der Waals surface area contributed by atoms with Gasteiger partial charge in [-0.3, -0.25) is 4.90 Å². The fourth-order valence-corrected chi connectivity index (χ4v) is 2.68. The quantitative estimate of drug-likeness (QED) is 0.792. The van der Waals surface area contributed by atoms with Crippen LogP contribution in [0.25, 0.3) is 0 Å². The van der Waals surface area contributed by atoms with E-state index in [0.29, 0.717) is 0 Å². The second-order valence-electron chi connectivity index (χ2n) is 5.80. The van der Waals surface area contributed by atoms with Gasteiger partial charge in [0, 0.05) is 18.6 Å². The van der Waals surface area contributed by atoms with E-state index in [9.17, 15) is 5.11 Å². The standard InChI is InChI=1S/C13H25NO2/c1-13(2,14-6-8-16-9-7-14)12(15)10-11-4-3-5-11/h11-12,15H,3-10H2,1-2H3. The zero-order valence-electron chi connectivity index (χ0n) is 10.6. The highest BCUT2D eigenvalue weighted by Crippen LogP contribution is 2.34. The fraction of sp³-hybridized carbons (Fsp3) is 1.00. The van der Waals surface area contributed by atoms with Gasteiger partial charge in [-0.2, -0.15) is 0 Å². The summed E-state index contributed by atoms with van der Waals surface area (Å²) in [7, 11) is 0. The van der Waals surface area contributed by atoms with Crippen LogP contribution >= 0.6 is 0 Å². The molecule has 1 atom stereocenters. The van der Waals surface area contributed by atoms with Gasteiger partial charge in [0.2, 0.25) is 0 Å². The Bertz CT molecular complexity index is 220. The number of rotatable bonds is 4. The number of hydrogen-bond acceptors (Lipinski definition) is 3. The molecule has 2 rings (SSSR count). The van der Waals surface area contributed by atoms with Crippen LogP contribution < -0.4 is 0 Å². The lowest BCUT2D eigenvalue weighted by atomic mass is 9.77. The van der Waals surface area contributed by atoms with E-state index in [-0.39, 0.29) is 11.6 Å². The van der Waals surface area contributed by atoms with Crippen molar-refractivity contribution in [3.05, 3.63) is 0 Å². The van der Waals surface area contributed by atoms with Crippen molar-refractivity contribution < 1.29 is 9.84 Å². The number of nitrogens with zero attached hydrogens (tertiary/aromatic N) is 1. The Kier molecular flexibility index (Phi) is 3.88. The zero-order chi connectivity index (χ0) is 11.6. The van der Waals surface area contributed by atoms with Crippen molar-refractivity contribution in [2.75, 3.05) is 26.3 Å². The van der Waals surface area contributed by atoms with Crippen molar-refractivity contribution in [2.45, 2.75) is 51.2 Å². The zero-order valence-corrected chi connectivity index (χ0v) is 10.6. The van der Waals surface area contributed by atoms with Crippen LogP contribution in [-0.2, 0) is 4.74 Å². The average Bonchev–Trinajstić information content (AvgIpc) is 2.24. The highest BCUT2D eigenvalue weighted by molar-refractivity contribution is 4.91. The molecule has 1 aliphatic heterocycles. The molecular formula is C13H25NO2. The van der Waals surface area contributed by atoms with Crippen LogP contribution in [0, 0.1) is 5.92 Å². The van der Waals surface area contributed by atoms with E-state index in [0.717, 1.165) is 38.6 Å². The van der Waals surface area contributed by atoms with Gasteiger partial charge < -0.3 is 9.84 Å². The molecule has 3 nitrogen and oxygen atoms in total. The third-order valence-electron chi connectivity index (χ3n) is 4.42. The van der Waals surface area contributed by atoms with Gasteiger partial charge in [-0.15, -0.1) is 0 Å². The maximum atomic E-state index is 10.4. The Morgan fingerprint density at radius 2 is 1.94 bits per heavy atom. The second-order valence-corrected chi connectivity index (χ2v) is 5.80. The molecule has 1 saturated carbocycles. The molecule has 16 heavy (non-hydrogen) atoms. The van der Waals surface area contributed by atoms with Crippen LogP contribution in [0.4, 0.5) is 0 Å². The molecule has 1 heterocycles. The Balaban J connectivity index is 1.87. The third-order valence-corrected chi connectivity index (χ3v) is 4.42. The molecular weight excluding hydrogens is 202 g/mol. The first-order valence-corrected chi connectivity index (χ1v) is 6.61. The van der Waals surface area contributed by atoms with E-state index in [1.807, 2.05) is 0 Å². The molecule has 1 aliphatic carbocycles. The third kappa shape index (κ3) is 2.58. The molecule has 0 aromatic rings. The van der Waals surface area contributed by atoms with Gasteiger partial charge in [0.15, 0.2) is 0 Å². The van der Waals surface area contributed by atoms with Gasteiger partial charge >= 0.3 is 0 Å². The molecule has 0 aromatic carbocycles. The van der Waals surface area contributed by atoms with E-state index in [2.05, 4.69) is 18.7 Å². The molecule has 2 fully saturated rings. The number of aliphatic hydroxyl groups excluding tert-OH is 1. The summed E-state index contributed by atoms with van der Waals surface area (Å²) in [5.41, 5.74) is -0.0978. The van der Waals surface area contributed by atoms with E-state index in [4.69, 9.17) is 4.74 Å². The Labute approximate surface area is 98.8 Å². The molecule has 3 heteroatoms. The fourth-order valence-electron chi connectivity index (χ4n) is 2.68. The van der Waals surface area contributed by atoms with E-state index >= 15 is 0 Å². The SMILES string of the molecule is CC(C)(C(O)CC1CCC1)N1CCOCC1. The van der Waals surface area contributed by atoms with Gasteiger partial charge in [0.05, 0.1) is 19.3 Å². The van der Waals surface area contributed by atoms with E-state index in [1.54, 1.807) is 0 Å². The highest BCUT2D eigenvalue weighted by atomic mass is 16.5. The first-order valence-electron chi connectivity index (χ1n) is 6.61. The largest absolute Gasteiger partial charge is 0.391 e.